The molecule has 0 unspecified atom stereocenters. The average molecular weight is 346 g/mol. The van der Waals surface area contributed by atoms with Gasteiger partial charge in [0.05, 0.1) is 24.6 Å². The van der Waals surface area contributed by atoms with Crippen LogP contribution in [0.5, 0.6) is 5.75 Å². The van der Waals surface area contributed by atoms with E-state index in [2.05, 4.69) is 41.1 Å². The molecule has 0 aliphatic heterocycles. The van der Waals surface area contributed by atoms with Crippen molar-refractivity contribution < 1.29 is 4.74 Å². The molecule has 4 rings (SSSR count). The molecule has 0 radical (unpaired) electrons. The number of hydrogen-bond donors (Lipinski definition) is 1. The molecule has 0 spiro atoms. The van der Waals surface area contributed by atoms with Crippen LogP contribution in [0, 0.1) is 0 Å². The minimum atomic E-state index is 0.488. The van der Waals surface area contributed by atoms with E-state index in [1.54, 1.807) is 19.5 Å². The zero-order valence-electron chi connectivity index (χ0n) is 11.3. The van der Waals surface area contributed by atoms with Crippen LogP contribution < -0.4 is 4.74 Å². The Morgan fingerprint density at radius 3 is 2.95 bits per heavy atom. The number of methoxy groups -OCH3 is 1. The number of aromatic nitrogens is 5. The van der Waals surface area contributed by atoms with Gasteiger partial charge in [0.2, 0.25) is 0 Å². The van der Waals surface area contributed by atoms with Crippen molar-refractivity contribution in [3.05, 3.63) is 28.8 Å². The maximum absolute atomic E-state index is 5.49. The van der Waals surface area contributed by atoms with E-state index in [0.717, 1.165) is 40.9 Å². The molecular formula is C14H12BrN5O. The normalized spacial score (nSPS) is 14.6. The number of aromatic amines is 1. The summed E-state index contributed by atoms with van der Waals surface area (Å²) in [6, 6.07) is 1.85. The summed E-state index contributed by atoms with van der Waals surface area (Å²) in [7, 11) is 1.65. The lowest BCUT2D eigenvalue weighted by atomic mass is 10.1. The molecule has 3 aromatic heterocycles. The number of H-pyrrole nitrogens is 1. The molecule has 1 aliphatic rings. The van der Waals surface area contributed by atoms with Crippen molar-refractivity contribution in [3.8, 4) is 17.1 Å². The maximum Gasteiger partial charge on any atom is 0.165 e. The Bertz CT molecular complexity index is 827. The van der Waals surface area contributed by atoms with Crippen molar-refractivity contribution in [1.82, 2.24) is 25.1 Å². The highest BCUT2D eigenvalue weighted by Gasteiger charge is 2.30. The first-order valence-corrected chi connectivity index (χ1v) is 7.47. The summed E-state index contributed by atoms with van der Waals surface area (Å²) in [5.41, 5.74) is 3.46. The molecule has 0 atom stereocenters. The van der Waals surface area contributed by atoms with E-state index in [1.165, 1.54) is 0 Å². The summed E-state index contributed by atoms with van der Waals surface area (Å²) >= 11 is 3.39. The van der Waals surface area contributed by atoms with Crippen LogP contribution in [-0.2, 0) is 0 Å². The molecule has 0 amide bonds. The Labute approximate surface area is 129 Å². The van der Waals surface area contributed by atoms with E-state index in [-0.39, 0.29) is 0 Å². The number of fused-ring (bicyclic) bond motifs is 1. The lowest BCUT2D eigenvalue weighted by Crippen LogP contribution is -1.99. The number of ether oxygens (including phenoxy) is 1. The second-order valence-electron chi connectivity index (χ2n) is 5.02. The van der Waals surface area contributed by atoms with Crippen molar-refractivity contribution in [2.75, 3.05) is 7.11 Å². The second-order valence-corrected chi connectivity index (χ2v) is 5.77. The molecule has 3 heterocycles. The Morgan fingerprint density at radius 2 is 2.19 bits per heavy atom. The van der Waals surface area contributed by atoms with E-state index in [9.17, 15) is 0 Å². The number of halogens is 1. The number of rotatable bonds is 3. The van der Waals surface area contributed by atoms with Crippen LogP contribution in [-0.4, -0.2) is 32.3 Å². The van der Waals surface area contributed by atoms with Crippen molar-refractivity contribution in [2.45, 2.75) is 18.8 Å². The number of nitrogens with zero attached hydrogens (tertiary/aromatic N) is 4. The molecule has 1 N–H and O–H groups in total. The molecule has 1 saturated carbocycles. The van der Waals surface area contributed by atoms with Gasteiger partial charge in [-0.15, -0.1) is 0 Å². The van der Waals surface area contributed by atoms with Crippen LogP contribution in [0.3, 0.4) is 0 Å². The standard InChI is InChI=1S/C14H12BrN5O/c1-21-9-4-5-16-11(7-2-3-7)10(9)14-17-6-8-12(18-14)13(15)20-19-8/h4-7H,2-3H2,1H3,(H,19,20). The molecule has 1 aliphatic carbocycles. The van der Waals surface area contributed by atoms with E-state index in [4.69, 9.17) is 4.74 Å². The Morgan fingerprint density at radius 1 is 1.33 bits per heavy atom. The van der Waals surface area contributed by atoms with Crippen LogP contribution in [0.15, 0.2) is 23.1 Å². The van der Waals surface area contributed by atoms with Gasteiger partial charge in [-0.05, 0) is 34.8 Å². The van der Waals surface area contributed by atoms with E-state index >= 15 is 0 Å². The Kier molecular flexibility index (Phi) is 2.88. The van der Waals surface area contributed by atoms with Crippen molar-refractivity contribution in [3.63, 3.8) is 0 Å². The fourth-order valence-corrected chi connectivity index (χ4v) is 2.82. The van der Waals surface area contributed by atoms with Gasteiger partial charge in [-0.3, -0.25) is 10.1 Å². The molecular weight excluding hydrogens is 334 g/mol. The smallest absolute Gasteiger partial charge is 0.165 e. The van der Waals surface area contributed by atoms with Crippen LogP contribution in [0.2, 0.25) is 0 Å². The molecule has 106 valence electrons. The van der Waals surface area contributed by atoms with E-state index < -0.39 is 0 Å². The first kappa shape index (κ1) is 12.7. The Balaban J connectivity index is 1.96. The van der Waals surface area contributed by atoms with E-state index in [0.29, 0.717) is 16.3 Å². The predicted octanol–water partition coefficient (Wildman–Crippen LogP) is 3.06. The molecule has 0 aromatic carbocycles. The highest BCUT2D eigenvalue weighted by Crippen LogP contribution is 2.45. The van der Waals surface area contributed by atoms with Gasteiger partial charge < -0.3 is 4.74 Å². The minimum absolute atomic E-state index is 0.488. The maximum atomic E-state index is 5.49. The third kappa shape index (κ3) is 2.08. The van der Waals surface area contributed by atoms with Crippen molar-refractivity contribution >= 4 is 27.0 Å². The van der Waals surface area contributed by atoms with Gasteiger partial charge in [-0.1, -0.05) is 0 Å². The molecule has 21 heavy (non-hydrogen) atoms. The molecule has 0 saturated heterocycles. The first-order chi connectivity index (χ1) is 10.3. The van der Waals surface area contributed by atoms with Gasteiger partial charge in [0.25, 0.3) is 0 Å². The fourth-order valence-electron chi connectivity index (χ4n) is 2.42. The highest BCUT2D eigenvalue weighted by atomic mass is 79.9. The van der Waals surface area contributed by atoms with Crippen LogP contribution in [0.1, 0.15) is 24.5 Å². The van der Waals surface area contributed by atoms with Crippen molar-refractivity contribution in [2.24, 2.45) is 0 Å². The summed E-state index contributed by atoms with van der Waals surface area (Å²) < 4.78 is 6.16. The number of hydrogen-bond acceptors (Lipinski definition) is 5. The largest absolute Gasteiger partial charge is 0.496 e. The number of pyridine rings is 1. The molecule has 0 bridgehead atoms. The lowest BCUT2D eigenvalue weighted by molar-refractivity contribution is 0.415. The average Bonchev–Trinajstić information content (AvgIpc) is 3.31. The summed E-state index contributed by atoms with van der Waals surface area (Å²) in [6.07, 6.45) is 5.83. The summed E-state index contributed by atoms with van der Waals surface area (Å²) in [5.74, 6) is 1.87. The van der Waals surface area contributed by atoms with Gasteiger partial charge in [-0.2, -0.15) is 5.10 Å². The summed E-state index contributed by atoms with van der Waals surface area (Å²) in [5, 5.41) is 6.96. The van der Waals surface area contributed by atoms with Gasteiger partial charge in [0, 0.05) is 12.1 Å². The summed E-state index contributed by atoms with van der Waals surface area (Å²) in [6.45, 7) is 0. The second kappa shape index (κ2) is 4.77. The van der Waals surface area contributed by atoms with Crippen LogP contribution in [0.4, 0.5) is 0 Å². The minimum Gasteiger partial charge on any atom is -0.496 e. The van der Waals surface area contributed by atoms with Gasteiger partial charge in [0.15, 0.2) is 10.4 Å². The quantitative estimate of drug-likeness (QED) is 0.789. The van der Waals surface area contributed by atoms with Crippen LogP contribution in [0.25, 0.3) is 22.4 Å². The monoisotopic (exact) mass is 345 g/mol. The molecule has 1 fully saturated rings. The molecule has 7 heteroatoms. The molecule has 6 nitrogen and oxygen atoms in total. The fraction of sp³-hybridized carbons (Fsp3) is 0.286. The first-order valence-electron chi connectivity index (χ1n) is 6.68. The van der Waals surface area contributed by atoms with Crippen LogP contribution >= 0.6 is 15.9 Å². The Hall–Kier alpha value is -2.02. The molecule has 3 aromatic rings. The predicted molar refractivity (Wildman–Crippen MR) is 81.1 cm³/mol. The third-order valence-electron chi connectivity index (χ3n) is 3.61. The summed E-state index contributed by atoms with van der Waals surface area (Å²) in [4.78, 5) is 13.6. The zero-order chi connectivity index (χ0) is 14.4. The zero-order valence-corrected chi connectivity index (χ0v) is 12.9. The van der Waals surface area contributed by atoms with Gasteiger partial charge in [-0.25, -0.2) is 9.97 Å². The SMILES string of the molecule is COc1ccnc(C2CC2)c1-c1ncc2[nH]nc(Br)c2n1. The topological polar surface area (TPSA) is 76.6 Å². The highest BCUT2D eigenvalue weighted by molar-refractivity contribution is 9.10. The number of nitrogens with one attached hydrogen (secondary N) is 1. The van der Waals surface area contributed by atoms with Gasteiger partial charge >= 0.3 is 0 Å². The van der Waals surface area contributed by atoms with E-state index in [1.807, 2.05) is 6.07 Å². The van der Waals surface area contributed by atoms with Crippen molar-refractivity contribution in [1.29, 1.82) is 0 Å². The third-order valence-corrected chi connectivity index (χ3v) is 4.16. The lowest BCUT2D eigenvalue weighted by Gasteiger charge is -2.11. The van der Waals surface area contributed by atoms with Gasteiger partial charge in [0.1, 0.15) is 16.8 Å².